The summed E-state index contributed by atoms with van der Waals surface area (Å²) in [7, 11) is 1.71. The number of piperidine rings is 1. The van der Waals surface area contributed by atoms with E-state index in [1.165, 1.54) is 55.5 Å². The number of nitrogens with one attached hydrogen (secondary N) is 3. The zero-order valence-corrected chi connectivity index (χ0v) is 19.4. The molecule has 1 atom stereocenters. The standard InChI is InChI=1S/C27H39N3O/c1-20(2)24-6-4-5-7-25(24)26(19-29-18-21-8-10-23(31-3)11-9-21)30-22-16-27(17-22)12-14-28-15-13-27/h4-11,20,22,26,28-30H,12-19H2,1-3H3/t26-/m0/s1. The van der Waals surface area contributed by atoms with Crippen molar-refractivity contribution in [2.75, 3.05) is 26.7 Å². The van der Waals surface area contributed by atoms with E-state index in [1.54, 1.807) is 7.11 Å². The zero-order valence-electron chi connectivity index (χ0n) is 19.4. The van der Waals surface area contributed by atoms with E-state index in [0.29, 0.717) is 23.4 Å². The molecule has 1 saturated carbocycles. The Morgan fingerprint density at radius 1 is 1.00 bits per heavy atom. The van der Waals surface area contributed by atoms with Gasteiger partial charge in [-0.05, 0) is 78.9 Å². The molecule has 1 saturated heterocycles. The lowest BCUT2D eigenvalue weighted by Gasteiger charge is -2.51. The van der Waals surface area contributed by atoms with Crippen LogP contribution in [0.2, 0.25) is 0 Å². The second kappa shape index (κ2) is 10.2. The van der Waals surface area contributed by atoms with Gasteiger partial charge < -0.3 is 20.7 Å². The molecule has 0 radical (unpaired) electrons. The highest BCUT2D eigenvalue weighted by Crippen LogP contribution is 2.48. The lowest BCUT2D eigenvalue weighted by molar-refractivity contribution is 0.0401. The maximum absolute atomic E-state index is 5.28. The second-order valence-corrected chi connectivity index (χ2v) is 9.84. The first-order valence-corrected chi connectivity index (χ1v) is 12.0. The van der Waals surface area contributed by atoms with E-state index < -0.39 is 0 Å². The van der Waals surface area contributed by atoms with Crippen LogP contribution in [0.25, 0.3) is 0 Å². The minimum Gasteiger partial charge on any atom is -0.497 e. The summed E-state index contributed by atoms with van der Waals surface area (Å²) < 4.78 is 5.28. The maximum atomic E-state index is 5.28. The van der Waals surface area contributed by atoms with Crippen molar-refractivity contribution in [1.82, 2.24) is 16.0 Å². The highest BCUT2D eigenvalue weighted by Gasteiger charge is 2.44. The fourth-order valence-corrected chi connectivity index (χ4v) is 5.47. The Morgan fingerprint density at radius 3 is 2.32 bits per heavy atom. The molecule has 168 valence electrons. The van der Waals surface area contributed by atoms with E-state index in [-0.39, 0.29) is 0 Å². The predicted molar refractivity (Wildman–Crippen MR) is 129 cm³/mol. The van der Waals surface area contributed by atoms with Crippen molar-refractivity contribution in [1.29, 1.82) is 0 Å². The third kappa shape index (κ3) is 5.49. The van der Waals surface area contributed by atoms with Gasteiger partial charge in [0.2, 0.25) is 0 Å². The number of hydrogen-bond donors (Lipinski definition) is 3. The third-order valence-electron chi connectivity index (χ3n) is 7.29. The van der Waals surface area contributed by atoms with Crippen LogP contribution < -0.4 is 20.7 Å². The molecule has 1 heterocycles. The van der Waals surface area contributed by atoms with Crippen LogP contribution in [0.4, 0.5) is 0 Å². The third-order valence-corrected chi connectivity index (χ3v) is 7.29. The molecule has 0 bridgehead atoms. The molecule has 0 unspecified atom stereocenters. The van der Waals surface area contributed by atoms with Crippen LogP contribution in [-0.4, -0.2) is 32.8 Å². The molecule has 4 rings (SSSR count). The molecule has 0 aromatic heterocycles. The summed E-state index contributed by atoms with van der Waals surface area (Å²) in [4.78, 5) is 0. The Bertz CT molecular complexity index is 819. The Kier molecular flexibility index (Phi) is 7.31. The Balaban J connectivity index is 1.41. The minimum absolute atomic E-state index is 0.334. The largest absolute Gasteiger partial charge is 0.497 e. The molecule has 2 aliphatic rings. The zero-order chi connectivity index (χ0) is 21.7. The number of hydrogen-bond acceptors (Lipinski definition) is 4. The van der Waals surface area contributed by atoms with Gasteiger partial charge in [-0.3, -0.25) is 0 Å². The molecule has 2 aromatic rings. The maximum Gasteiger partial charge on any atom is 0.118 e. The molecule has 2 fully saturated rings. The first-order valence-electron chi connectivity index (χ1n) is 12.0. The van der Waals surface area contributed by atoms with E-state index in [1.807, 2.05) is 12.1 Å². The van der Waals surface area contributed by atoms with E-state index >= 15 is 0 Å². The Hall–Kier alpha value is -1.88. The molecule has 4 nitrogen and oxygen atoms in total. The van der Waals surface area contributed by atoms with E-state index in [9.17, 15) is 0 Å². The van der Waals surface area contributed by atoms with E-state index in [2.05, 4.69) is 66.2 Å². The van der Waals surface area contributed by atoms with Gasteiger partial charge in [0, 0.05) is 25.2 Å². The summed E-state index contributed by atoms with van der Waals surface area (Å²) in [5.74, 6) is 1.44. The fraction of sp³-hybridized carbons (Fsp3) is 0.556. The van der Waals surface area contributed by atoms with Gasteiger partial charge in [-0.25, -0.2) is 0 Å². The normalized spacial score (nSPS) is 19.4. The number of benzene rings is 2. The van der Waals surface area contributed by atoms with Crippen molar-refractivity contribution in [2.45, 2.75) is 64.1 Å². The second-order valence-electron chi connectivity index (χ2n) is 9.84. The van der Waals surface area contributed by atoms with Crippen LogP contribution >= 0.6 is 0 Å². The van der Waals surface area contributed by atoms with Crippen molar-refractivity contribution < 1.29 is 4.74 Å². The van der Waals surface area contributed by atoms with Crippen LogP contribution in [0.1, 0.15) is 68.2 Å². The predicted octanol–water partition coefficient (Wildman–Crippen LogP) is 4.77. The topological polar surface area (TPSA) is 45.3 Å². The minimum atomic E-state index is 0.334. The van der Waals surface area contributed by atoms with E-state index in [0.717, 1.165) is 18.8 Å². The van der Waals surface area contributed by atoms with Gasteiger partial charge in [-0.1, -0.05) is 50.2 Å². The van der Waals surface area contributed by atoms with E-state index in [4.69, 9.17) is 4.74 Å². The lowest BCUT2D eigenvalue weighted by Crippen LogP contribution is -2.54. The van der Waals surface area contributed by atoms with Gasteiger partial charge in [0.25, 0.3) is 0 Å². The molecule has 4 heteroatoms. The van der Waals surface area contributed by atoms with Crippen LogP contribution in [-0.2, 0) is 6.54 Å². The van der Waals surface area contributed by atoms with Gasteiger partial charge in [-0.15, -0.1) is 0 Å². The SMILES string of the molecule is COc1ccc(CNC[C@H](NC2CC3(CCNCC3)C2)c2ccccc2C(C)C)cc1. The number of methoxy groups -OCH3 is 1. The molecule has 0 amide bonds. The summed E-state index contributed by atoms with van der Waals surface area (Å²) in [5, 5.41) is 11.3. The van der Waals surface area contributed by atoms with Crippen molar-refractivity contribution in [3.63, 3.8) is 0 Å². The smallest absolute Gasteiger partial charge is 0.118 e. The van der Waals surface area contributed by atoms with Crippen molar-refractivity contribution in [3.8, 4) is 5.75 Å². The van der Waals surface area contributed by atoms with Crippen LogP contribution in [0.15, 0.2) is 48.5 Å². The molecular weight excluding hydrogens is 382 g/mol. The van der Waals surface area contributed by atoms with Gasteiger partial charge >= 0.3 is 0 Å². The highest BCUT2D eigenvalue weighted by atomic mass is 16.5. The Morgan fingerprint density at radius 2 is 1.68 bits per heavy atom. The molecular formula is C27H39N3O. The average Bonchev–Trinajstić information content (AvgIpc) is 2.78. The molecule has 1 aliphatic carbocycles. The summed E-state index contributed by atoms with van der Waals surface area (Å²) >= 11 is 0. The fourth-order valence-electron chi connectivity index (χ4n) is 5.47. The van der Waals surface area contributed by atoms with Crippen molar-refractivity contribution in [2.24, 2.45) is 5.41 Å². The van der Waals surface area contributed by atoms with Crippen molar-refractivity contribution >= 4 is 0 Å². The summed E-state index contributed by atoms with van der Waals surface area (Å²) in [6, 6.07) is 18.3. The average molecular weight is 422 g/mol. The quantitative estimate of drug-likeness (QED) is 0.546. The molecule has 31 heavy (non-hydrogen) atoms. The monoisotopic (exact) mass is 421 g/mol. The summed E-state index contributed by atoms with van der Waals surface area (Å²) in [6.07, 6.45) is 5.34. The van der Waals surface area contributed by atoms with Gasteiger partial charge in [0.1, 0.15) is 5.75 Å². The summed E-state index contributed by atoms with van der Waals surface area (Å²) in [5.41, 5.74) is 4.80. The Labute approximate surface area is 188 Å². The van der Waals surface area contributed by atoms with Crippen LogP contribution in [0.5, 0.6) is 5.75 Å². The van der Waals surface area contributed by atoms with Gasteiger partial charge in [0.15, 0.2) is 0 Å². The first-order chi connectivity index (χ1) is 15.1. The number of rotatable bonds is 9. The number of ether oxygens (including phenoxy) is 1. The van der Waals surface area contributed by atoms with Gasteiger partial charge in [0.05, 0.1) is 7.11 Å². The summed E-state index contributed by atoms with van der Waals surface area (Å²) in [6.45, 7) is 8.78. The van der Waals surface area contributed by atoms with Gasteiger partial charge in [-0.2, -0.15) is 0 Å². The molecule has 3 N–H and O–H groups in total. The first kappa shape index (κ1) is 22.3. The highest BCUT2D eigenvalue weighted by molar-refractivity contribution is 5.33. The molecule has 1 aliphatic heterocycles. The molecule has 2 aromatic carbocycles. The molecule has 1 spiro atoms. The van der Waals surface area contributed by atoms with Crippen LogP contribution in [0.3, 0.4) is 0 Å². The van der Waals surface area contributed by atoms with Crippen molar-refractivity contribution in [3.05, 3.63) is 65.2 Å². The van der Waals surface area contributed by atoms with Crippen LogP contribution in [0, 0.1) is 5.41 Å². The lowest BCUT2D eigenvalue weighted by atomic mass is 9.60.